The Morgan fingerprint density at radius 1 is 1.38 bits per heavy atom. The maximum atomic E-state index is 13.6. The van der Waals surface area contributed by atoms with Gasteiger partial charge in [-0.3, -0.25) is 0 Å². The molecule has 0 aromatic heterocycles. The van der Waals surface area contributed by atoms with E-state index >= 15 is 0 Å². The average Bonchev–Trinajstić information content (AvgIpc) is 2.26. The standard InChI is InChI=1S/C12H18FNO2/c1-7(2)12(15)11(14)9-5-4-8(16-3)6-10(9)13/h4-7,11-12,15H,14H2,1-3H3/t11-,12+/m1/s1. The summed E-state index contributed by atoms with van der Waals surface area (Å²) < 4.78 is 18.5. The molecule has 1 aromatic carbocycles. The van der Waals surface area contributed by atoms with Crippen molar-refractivity contribution in [3.05, 3.63) is 29.6 Å². The van der Waals surface area contributed by atoms with Crippen LogP contribution in [0.3, 0.4) is 0 Å². The number of aliphatic hydroxyl groups excluding tert-OH is 1. The van der Waals surface area contributed by atoms with Crippen molar-refractivity contribution in [2.45, 2.75) is 26.0 Å². The zero-order chi connectivity index (χ0) is 12.3. The molecular formula is C12H18FNO2. The van der Waals surface area contributed by atoms with Crippen molar-refractivity contribution in [3.63, 3.8) is 0 Å². The molecule has 0 bridgehead atoms. The zero-order valence-corrected chi connectivity index (χ0v) is 9.77. The summed E-state index contributed by atoms with van der Waals surface area (Å²) in [5.74, 6) is -0.0319. The van der Waals surface area contributed by atoms with Crippen molar-refractivity contribution in [1.82, 2.24) is 0 Å². The van der Waals surface area contributed by atoms with Crippen LogP contribution in [0.15, 0.2) is 18.2 Å². The largest absolute Gasteiger partial charge is 0.497 e. The minimum Gasteiger partial charge on any atom is -0.497 e. The summed E-state index contributed by atoms with van der Waals surface area (Å²) in [4.78, 5) is 0. The van der Waals surface area contributed by atoms with E-state index in [1.807, 2.05) is 13.8 Å². The SMILES string of the molecule is COc1ccc([C@@H](N)[C@@H](O)C(C)C)c(F)c1. The van der Waals surface area contributed by atoms with E-state index in [0.717, 1.165) is 0 Å². The number of hydrogen-bond donors (Lipinski definition) is 2. The van der Waals surface area contributed by atoms with Gasteiger partial charge in [0, 0.05) is 11.6 Å². The Labute approximate surface area is 95.0 Å². The van der Waals surface area contributed by atoms with Gasteiger partial charge in [-0.2, -0.15) is 0 Å². The summed E-state index contributed by atoms with van der Waals surface area (Å²) in [7, 11) is 1.47. The molecule has 0 heterocycles. The smallest absolute Gasteiger partial charge is 0.131 e. The maximum absolute atomic E-state index is 13.6. The van der Waals surface area contributed by atoms with Crippen LogP contribution in [0.25, 0.3) is 0 Å². The number of rotatable bonds is 4. The molecule has 0 saturated heterocycles. The molecule has 1 aromatic rings. The second-order valence-electron chi connectivity index (χ2n) is 4.15. The molecule has 0 unspecified atom stereocenters. The minimum absolute atomic E-state index is 0.0171. The third-order valence-corrected chi connectivity index (χ3v) is 2.62. The van der Waals surface area contributed by atoms with Gasteiger partial charge in [-0.05, 0) is 12.0 Å². The predicted octanol–water partition coefficient (Wildman–Crippen LogP) is 1.85. The molecule has 2 atom stereocenters. The van der Waals surface area contributed by atoms with Crippen LogP contribution in [0.1, 0.15) is 25.5 Å². The Balaban J connectivity index is 2.96. The van der Waals surface area contributed by atoms with E-state index in [1.165, 1.54) is 13.2 Å². The summed E-state index contributed by atoms with van der Waals surface area (Å²) in [5.41, 5.74) is 6.11. The summed E-state index contributed by atoms with van der Waals surface area (Å²) in [6.45, 7) is 3.68. The van der Waals surface area contributed by atoms with Crippen molar-refractivity contribution in [2.24, 2.45) is 11.7 Å². The third kappa shape index (κ3) is 2.71. The quantitative estimate of drug-likeness (QED) is 0.825. The van der Waals surface area contributed by atoms with Crippen LogP contribution in [0.5, 0.6) is 5.75 Å². The van der Waals surface area contributed by atoms with E-state index in [9.17, 15) is 9.50 Å². The second kappa shape index (κ2) is 5.27. The number of hydrogen-bond acceptors (Lipinski definition) is 3. The summed E-state index contributed by atoms with van der Waals surface area (Å²) >= 11 is 0. The fourth-order valence-corrected chi connectivity index (χ4v) is 1.50. The van der Waals surface area contributed by atoms with Gasteiger partial charge in [-0.25, -0.2) is 4.39 Å². The number of nitrogens with two attached hydrogens (primary N) is 1. The summed E-state index contributed by atoms with van der Waals surface area (Å²) in [5, 5.41) is 9.78. The molecule has 0 aliphatic rings. The Kier molecular flexibility index (Phi) is 4.26. The van der Waals surface area contributed by atoms with Crippen LogP contribution in [-0.4, -0.2) is 18.3 Å². The molecule has 0 aliphatic carbocycles. The van der Waals surface area contributed by atoms with E-state index in [1.54, 1.807) is 12.1 Å². The highest BCUT2D eigenvalue weighted by Gasteiger charge is 2.22. The van der Waals surface area contributed by atoms with Gasteiger partial charge >= 0.3 is 0 Å². The van der Waals surface area contributed by atoms with Crippen LogP contribution in [0.2, 0.25) is 0 Å². The van der Waals surface area contributed by atoms with Crippen molar-refractivity contribution < 1.29 is 14.2 Å². The Morgan fingerprint density at radius 2 is 2.00 bits per heavy atom. The zero-order valence-electron chi connectivity index (χ0n) is 9.77. The van der Waals surface area contributed by atoms with Gasteiger partial charge in [0.1, 0.15) is 11.6 Å². The molecule has 3 nitrogen and oxygen atoms in total. The first kappa shape index (κ1) is 12.9. The Hall–Kier alpha value is -1.13. The van der Waals surface area contributed by atoms with Crippen LogP contribution in [-0.2, 0) is 0 Å². The Morgan fingerprint density at radius 3 is 2.44 bits per heavy atom. The predicted molar refractivity (Wildman–Crippen MR) is 60.7 cm³/mol. The first-order valence-corrected chi connectivity index (χ1v) is 5.24. The number of ether oxygens (including phenoxy) is 1. The van der Waals surface area contributed by atoms with E-state index in [4.69, 9.17) is 10.5 Å². The normalized spacial score (nSPS) is 14.9. The van der Waals surface area contributed by atoms with Crippen molar-refractivity contribution in [2.75, 3.05) is 7.11 Å². The topological polar surface area (TPSA) is 55.5 Å². The lowest BCUT2D eigenvalue weighted by atomic mass is 9.94. The number of methoxy groups -OCH3 is 1. The second-order valence-corrected chi connectivity index (χ2v) is 4.15. The van der Waals surface area contributed by atoms with Crippen molar-refractivity contribution in [3.8, 4) is 5.75 Å². The first-order valence-electron chi connectivity index (χ1n) is 5.24. The molecule has 16 heavy (non-hydrogen) atoms. The van der Waals surface area contributed by atoms with Crippen LogP contribution >= 0.6 is 0 Å². The van der Waals surface area contributed by atoms with E-state index in [2.05, 4.69) is 0 Å². The molecule has 1 rings (SSSR count). The molecule has 4 heteroatoms. The van der Waals surface area contributed by atoms with E-state index < -0.39 is 18.0 Å². The fraction of sp³-hybridized carbons (Fsp3) is 0.500. The van der Waals surface area contributed by atoms with E-state index in [-0.39, 0.29) is 5.92 Å². The third-order valence-electron chi connectivity index (χ3n) is 2.62. The van der Waals surface area contributed by atoms with Crippen LogP contribution in [0, 0.1) is 11.7 Å². The number of halogens is 1. The van der Waals surface area contributed by atoms with Crippen LogP contribution < -0.4 is 10.5 Å². The van der Waals surface area contributed by atoms with Crippen molar-refractivity contribution >= 4 is 0 Å². The lowest BCUT2D eigenvalue weighted by molar-refractivity contribution is 0.0966. The lowest BCUT2D eigenvalue weighted by Gasteiger charge is -2.22. The maximum Gasteiger partial charge on any atom is 0.131 e. The molecule has 0 spiro atoms. The van der Waals surface area contributed by atoms with Gasteiger partial charge in [0.05, 0.1) is 19.3 Å². The number of aliphatic hydroxyl groups is 1. The Bertz CT molecular complexity index is 355. The molecule has 0 aliphatic heterocycles. The van der Waals surface area contributed by atoms with Crippen molar-refractivity contribution in [1.29, 1.82) is 0 Å². The van der Waals surface area contributed by atoms with Crippen LogP contribution in [0.4, 0.5) is 4.39 Å². The lowest BCUT2D eigenvalue weighted by Crippen LogP contribution is -2.31. The molecule has 0 fully saturated rings. The molecule has 90 valence electrons. The van der Waals surface area contributed by atoms with E-state index in [0.29, 0.717) is 11.3 Å². The van der Waals surface area contributed by atoms with Gasteiger partial charge in [0.2, 0.25) is 0 Å². The van der Waals surface area contributed by atoms with Gasteiger partial charge in [0.15, 0.2) is 0 Å². The molecular weight excluding hydrogens is 209 g/mol. The molecule has 3 N–H and O–H groups in total. The van der Waals surface area contributed by atoms with Gasteiger partial charge in [-0.1, -0.05) is 19.9 Å². The molecule has 0 saturated carbocycles. The van der Waals surface area contributed by atoms with Gasteiger partial charge in [0.25, 0.3) is 0 Å². The van der Waals surface area contributed by atoms with Gasteiger partial charge in [-0.15, -0.1) is 0 Å². The average molecular weight is 227 g/mol. The van der Waals surface area contributed by atoms with Gasteiger partial charge < -0.3 is 15.6 Å². The minimum atomic E-state index is -0.761. The highest BCUT2D eigenvalue weighted by atomic mass is 19.1. The number of benzene rings is 1. The molecule has 0 radical (unpaired) electrons. The highest BCUT2D eigenvalue weighted by molar-refractivity contribution is 5.31. The molecule has 0 amide bonds. The fourth-order valence-electron chi connectivity index (χ4n) is 1.50. The monoisotopic (exact) mass is 227 g/mol. The highest BCUT2D eigenvalue weighted by Crippen LogP contribution is 2.25. The summed E-state index contributed by atoms with van der Waals surface area (Å²) in [6, 6.07) is 3.73. The summed E-state index contributed by atoms with van der Waals surface area (Å²) in [6.07, 6.45) is -0.761. The first-order chi connectivity index (χ1) is 7.47.